The summed E-state index contributed by atoms with van der Waals surface area (Å²) in [5, 5.41) is 5.96. The zero-order valence-electron chi connectivity index (χ0n) is 11.2. The molecule has 1 amide bonds. The summed E-state index contributed by atoms with van der Waals surface area (Å²) in [5.41, 5.74) is 0.627. The predicted molar refractivity (Wildman–Crippen MR) is 70.7 cm³/mol. The van der Waals surface area contributed by atoms with E-state index in [1.54, 1.807) is 12.1 Å². The normalized spacial score (nSPS) is 12.5. The van der Waals surface area contributed by atoms with Crippen molar-refractivity contribution in [3.8, 4) is 0 Å². The van der Waals surface area contributed by atoms with Crippen LogP contribution in [0.15, 0.2) is 24.3 Å². The standard InChI is InChI=1S/C14H21FN2O/c1-10(2)17-14(18)8-9-16-11(3)12-6-4-5-7-13(12)15/h4-7,10-11,16H,8-9H2,1-3H3,(H,17,18)/t11-/m1/s1. The molecule has 0 bridgehead atoms. The lowest BCUT2D eigenvalue weighted by atomic mass is 10.1. The molecular weight excluding hydrogens is 231 g/mol. The first-order chi connectivity index (χ1) is 8.50. The number of rotatable bonds is 6. The first-order valence-electron chi connectivity index (χ1n) is 6.28. The fourth-order valence-corrected chi connectivity index (χ4v) is 1.73. The zero-order chi connectivity index (χ0) is 13.5. The topological polar surface area (TPSA) is 41.1 Å². The van der Waals surface area contributed by atoms with Crippen LogP contribution in [0.4, 0.5) is 4.39 Å². The van der Waals surface area contributed by atoms with Crippen molar-refractivity contribution in [3.05, 3.63) is 35.6 Å². The smallest absolute Gasteiger partial charge is 0.221 e. The van der Waals surface area contributed by atoms with Crippen LogP contribution in [0, 0.1) is 5.82 Å². The fraction of sp³-hybridized carbons (Fsp3) is 0.500. The van der Waals surface area contributed by atoms with Crippen LogP contribution in [0.25, 0.3) is 0 Å². The van der Waals surface area contributed by atoms with Crippen LogP contribution in [0.1, 0.15) is 38.8 Å². The average molecular weight is 252 g/mol. The van der Waals surface area contributed by atoms with Crippen molar-refractivity contribution in [2.45, 2.75) is 39.3 Å². The van der Waals surface area contributed by atoms with Gasteiger partial charge in [-0.1, -0.05) is 18.2 Å². The minimum Gasteiger partial charge on any atom is -0.354 e. The van der Waals surface area contributed by atoms with Crippen LogP contribution >= 0.6 is 0 Å². The summed E-state index contributed by atoms with van der Waals surface area (Å²) in [6.07, 6.45) is 0.400. The van der Waals surface area contributed by atoms with Gasteiger partial charge in [0.15, 0.2) is 0 Å². The molecule has 0 heterocycles. The largest absolute Gasteiger partial charge is 0.354 e. The van der Waals surface area contributed by atoms with Crippen molar-refractivity contribution in [1.29, 1.82) is 0 Å². The maximum Gasteiger partial charge on any atom is 0.221 e. The first-order valence-corrected chi connectivity index (χ1v) is 6.28. The molecule has 1 aromatic rings. The number of carbonyl (C=O) groups excluding carboxylic acids is 1. The molecule has 1 atom stereocenters. The van der Waals surface area contributed by atoms with Gasteiger partial charge in [0.2, 0.25) is 5.91 Å². The Labute approximate surface area is 108 Å². The van der Waals surface area contributed by atoms with Crippen LogP contribution in [-0.2, 0) is 4.79 Å². The highest BCUT2D eigenvalue weighted by atomic mass is 19.1. The number of halogens is 1. The van der Waals surface area contributed by atoms with E-state index in [9.17, 15) is 9.18 Å². The molecule has 0 saturated heterocycles. The van der Waals surface area contributed by atoms with E-state index < -0.39 is 0 Å². The van der Waals surface area contributed by atoms with Gasteiger partial charge >= 0.3 is 0 Å². The van der Waals surface area contributed by atoms with Gasteiger partial charge < -0.3 is 10.6 Å². The summed E-state index contributed by atoms with van der Waals surface area (Å²) in [4.78, 5) is 11.4. The highest BCUT2D eigenvalue weighted by Crippen LogP contribution is 2.15. The Morgan fingerprint density at radius 1 is 1.28 bits per heavy atom. The van der Waals surface area contributed by atoms with E-state index >= 15 is 0 Å². The molecule has 0 spiro atoms. The summed E-state index contributed by atoms with van der Waals surface area (Å²) in [6.45, 7) is 6.27. The maximum absolute atomic E-state index is 13.5. The van der Waals surface area contributed by atoms with Crippen LogP contribution in [-0.4, -0.2) is 18.5 Å². The van der Waals surface area contributed by atoms with Crippen LogP contribution in [0.3, 0.4) is 0 Å². The molecule has 0 unspecified atom stereocenters. The van der Waals surface area contributed by atoms with Gasteiger partial charge in [0.1, 0.15) is 5.82 Å². The number of amides is 1. The van der Waals surface area contributed by atoms with Crippen LogP contribution in [0.5, 0.6) is 0 Å². The van der Waals surface area contributed by atoms with E-state index in [4.69, 9.17) is 0 Å². The number of hydrogen-bond donors (Lipinski definition) is 2. The second-order valence-electron chi connectivity index (χ2n) is 4.67. The number of benzene rings is 1. The number of carbonyl (C=O) groups is 1. The highest BCUT2D eigenvalue weighted by molar-refractivity contribution is 5.76. The van der Waals surface area contributed by atoms with Crippen molar-refractivity contribution < 1.29 is 9.18 Å². The molecule has 0 aliphatic carbocycles. The monoisotopic (exact) mass is 252 g/mol. The lowest BCUT2D eigenvalue weighted by Crippen LogP contribution is -2.33. The van der Waals surface area contributed by atoms with Crippen molar-refractivity contribution >= 4 is 5.91 Å². The van der Waals surface area contributed by atoms with E-state index in [2.05, 4.69) is 10.6 Å². The lowest BCUT2D eigenvalue weighted by Gasteiger charge is -2.15. The predicted octanol–water partition coefficient (Wildman–Crippen LogP) is 2.39. The molecule has 0 saturated carbocycles. The summed E-state index contributed by atoms with van der Waals surface area (Å²) in [5.74, 6) is -0.206. The lowest BCUT2D eigenvalue weighted by molar-refractivity contribution is -0.121. The molecule has 100 valence electrons. The molecule has 1 aromatic carbocycles. The second-order valence-corrected chi connectivity index (χ2v) is 4.67. The summed E-state index contributed by atoms with van der Waals surface area (Å²) in [6, 6.07) is 6.73. The summed E-state index contributed by atoms with van der Waals surface area (Å²) >= 11 is 0. The van der Waals surface area contributed by atoms with Crippen molar-refractivity contribution in [2.24, 2.45) is 0 Å². The van der Waals surface area contributed by atoms with Gasteiger partial charge in [-0.15, -0.1) is 0 Å². The molecule has 0 radical (unpaired) electrons. The molecule has 0 aliphatic rings. The van der Waals surface area contributed by atoms with Gasteiger partial charge in [-0.2, -0.15) is 0 Å². The fourth-order valence-electron chi connectivity index (χ4n) is 1.73. The molecule has 2 N–H and O–H groups in total. The molecule has 18 heavy (non-hydrogen) atoms. The van der Waals surface area contributed by atoms with Gasteiger partial charge in [0.05, 0.1) is 0 Å². The average Bonchev–Trinajstić information content (AvgIpc) is 2.28. The Morgan fingerprint density at radius 3 is 2.56 bits per heavy atom. The van der Waals surface area contributed by atoms with E-state index in [1.807, 2.05) is 26.8 Å². The number of hydrogen-bond acceptors (Lipinski definition) is 2. The maximum atomic E-state index is 13.5. The third-order valence-electron chi connectivity index (χ3n) is 2.62. The van der Waals surface area contributed by atoms with Crippen LogP contribution in [0.2, 0.25) is 0 Å². The Balaban J connectivity index is 2.36. The quantitative estimate of drug-likeness (QED) is 0.816. The Kier molecular flexibility index (Phi) is 5.78. The second kappa shape index (κ2) is 7.11. The van der Waals surface area contributed by atoms with Gasteiger partial charge in [0.25, 0.3) is 0 Å². The number of nitrogens with one attached hydrogen (secondary N) is 2. The summed E-state index contributed by atoms with van der Waals surface area (Å²) < 4.78 is 13.5. The Morgan fingerprint density at radius 2 is 1.94 bits per heavy atom. The van der Waals surface area contributed by atoms with Gasteiger partial charge in [0, 0.05) is 30.6 Å². The minimum absolute atomic E-state index is 0.0123. The minimum atomic E-state index is -0.218. The molecule has 1 rings (SSSR count). The van der Waals surface area contributed by atoms with Crippen molar-refractivity contribution in [3.63, 3.8) is 0 Å². The van der Waals surface area contributed by atoms with E-state index in [0.717, 1.165) is 0 Å². The van der Waals surface area contributed by atoms with E-state index in [1.165, 1.54) is 6.07 Å². The van der Waals surface area contributed by atoms with Gasteiger partial charge in [-0.05, 0) is 26.8 Å². The van der Waals surface area contributed by atoms with E-state index in [0.29, 0.717) is 18.5 Å². The molecule has 0 fully saturated rings. The third kappa shape index (κ3) is 4.84. The molecule has 4 heteroatoms. The third-order valence-corrected chi connectivity index (χ3v) is 2.62. The molecule has 0 aliphatic heterocycles. The Bertz CT molecular complexity index is 393. The van der Waals surface area contributed by atoms with Crippen molar-refractivity contribution in [2.75, 3.05) is 6.54 Å². The molecule has 3 nitrogen and oxygen atoms in total. The Hall–Kier alpha value is -1.42. The SMILES string of the molecule is CC(C)NC(=O)CCN[C@H](C)c1ccccc1F. The van der Waals surface area contributed by atoms with Crippen molar-refractivity contribution in [1.82, 2.24) is 10.6 Å². The van der Waals surface area contributed by atoms with Gasteiger partial charge in [-0.25, -0.2) is 4.39 Å². The van der Waals surface area contributed by atoms with Crippen LogP contribution < -0.4 is 10.6 Å². The van der Waals surface area contributed by atoms with Gasteiger partial charge in [-0.3, -0.25) is 4.79 Å². The molecule has 0 aromatic heterocycles. The molecular formula is C14H21FN2O. The summed E-state index contributed by atoms with van der Waals surface area (Å²) in [7, 11) is 0. The highest BCUT2D eigenvalue weighted by Gasteiger charge is 2.10. The van der Waals surface area contributed by atoms with E-state index in [-0.39, 0.29) is 23.8 Å². The zero-order valence-corrected chi connectivity index (χ0v) is 11.2. The first kappa shape index (κ1) is 14.6.